The van der Waals surface area contributed by atoms with E-state index in [0.717, 1.165) is 12.8 Å². The highest BCUT2D eigenvalue weighted by atomic mass is 16.5. The van der Waals surface area contributed by atoms with Crippen molar-refractivity contribution in [1.82, 2.24) is 0 Å². The van der Waals surface area contributed by atoms with Gasteiger partial charge in [0.05, 0.1) is 13.0 Å². The number of carbonyl (C=O) groups excluding carboxylic acids is 2. The standard InChI is InChI=1S/C10H18O3/c1-3-5-8-13-10(12)7-6-9(11)4-2/h3-8H2,1-2H3. The molecule has 0 aromatic rings. The minimum atomic E-state index is -0.254. The Morgan fingerprint density at radius 2 is 1.85 bits per heavy atom. The van der Waals surface area contributed by atoms with Crippen LogP contribution in [-0.4, -0.2) is 18.4 Å². The number of hydrogen-bond acceptors (Lipinski definition) is 3. The van der Waals surface area contributed by atoms with Crippen LogP contribution in [0.1, 0.15) is 46.0 Å². The lowest BCUT2D eigenvalue weighted by Crippen LogP contribution is -2.08. The number of esters is 1. The predicted octanol–water partition coefficient (Wildman–Crippen LogP) is 2.09. The fraction of sp³-hybridized carbons (Fsp3) is 0.800. The second-order valence-corrected chi connectivity index (χ2v) is 2.97. The fourth-order valence-electron chi connectivity index (χ4n) is 0.821. The Kier molecular flexibility index (Phi) is 7.26. The minimum Gasteiger partial charge on any atom is -0.466 e. The molecule has 0 aromatic heterocycles. The van der Waals surface area contributed by atoms with Gasteiger partial charge in [0.1, 0.15) is 5.78 Å². The highest BCUT2D eigenvalue weighted by Gasteiger charge is 2.05. The molecular weight excluding hydrogens is 168 g/mol. The quantitative estimate of drug-likeness (QED) is 0.451. The zero-order valence-corrected chi connectivity index (χ0v) is 8.47. The average molecular weight is 186 g/mol. The normalized spacial score (nSPS) is 9.69. The van der Waals surface area contributed by atoms with Gasteiger partial charge in [0.25, 0.3) is 0 Å². The van der Waals surface area contributed by atoms with Crippen molar-refractivity contribution in [3.8, 4) is 0 Å². The molecule has 0 radical (unpaired) electrons. The SMILES string of the molecule is CCCCOC(=O)CCC(=O)CC. The molecule has 0 fully saturated rings. The van der Waals surface area contributed by atoms with E-state index in [0.29, 0.717) is 19.4 Å². The van der Waals surface area contributed by atoms with Crippen molar-refractivity contribution in [3.63, 3.8) is 0 Å². The van der Waals surface area contributed by atoms with Crippen LogP contribution in [0.25, 0.3) is 0 Å². The van der Waals surface area contributed by atoms with E-state index in [9.17, 15) is 9.59 Å². The number of rotatable bonds is 7. The lowest BCUT2D eigenvalue weighted by molar-refractivity contribution is -0.144. The van der Waals surface area contributed by atoms with Gasteiger partial charge in [0, 0.05) is 12.8 Å². The summed E-state index contributed by atoms with van der Waals surface area (Å²) in [5, 5.41) is 0. The van der Waals surface area contributed by atoms with Gasteiger partial charge in [0.15, 0.2) is 0 Å². The molecule has 0 unspecified atom stereocenters. The second kappa shape index (κ2) is 7.77. The van der Waals surface area contributed by atoms with E-state index < -0.39 is 0 Å². The zero-order valence-electron chi connectivity index (χ0n) is 8.47. The van der Waals surface area contributed by atoms with Crippen molar-refractivity contribution in [2.45, 2.75) is 46.0 Å². The monoisotopic (exact) mass is 186 g/mol. The summed E-state index contributed by atoms with van der Waals surface area (Å²) in [6.45, 7) is 4.31. The molecule has 0 saturated carbocycles. The van der Waals surface area contributed by atoms with Gasteiger partial charge in [-0.25, -0.2) is 0 Å². The molecule has 0 aliphatic heterocycles. The first-order valence-corrected chi connectivity index (χ1v) is 4.88. The predicted molar refractivity (Wildman–Crippen MR) is 50.4 cm³/mol. The summed E-state index contributed by atoms with van der Waals surface area (Å²) in [4.78, 5) is 21.8. The molecule has 0 rings (SSSR count). The van der Waals surface area contributed by atoms with Gasteiger partial charge >= 0.3 is 5.97 Å². The lowest BCUT2D eigenvalue weighted by atomic mass is 10.2. The summed E-state index contributed by atoms with van der Waals surface area (Å²) >= 11 is 0. The maximum Gasteiger partial charge on any atom is 0.306 e. The molecule has 0 aliphatic carbocycles. The van der Waals surface area contributed by atoms with Crippen LogP contribution in [0.3, 0.4) is 0 Å². The van der Waals surface area contributed by atoms with E-state index in [2.05, 4.69) is 0 Å². The second-order valence-electron chi connectivity index (χ2n) is 2.97. The van der Waals surface area contributed by atoms with Crippen LogP contribution < -0.4 is 0 Å². The Hall–Kier alpha value is -0.860. The number of carbonyl (C=O) groups is 2. The van der Waals surface area contributed by atoms with Gasteiger partial charge in [-0.1, -0.05) is 20.3 Å². The Bertz CT molecular complexity index is 164. The minimum absolute atomic E-state index is 0.118. The molecule has 3 nitrogen and oxygen atoms in total. The van der Waals surface area contributed by atoms with Crippen molar-refractivity contribution < 1.29 is 14.3 Å². The van der Waals surface area contributed by atoms with E-state index in [4.69, 9.17) is 4.74 Å². The van der Waals surface area contributed by atoms with Crippen LogP contribution in [0.15, 0.2) is 0 Å². The summed E-state index contributed by atoms with van der Waals surface area (Å²) in [5.41, 5.74) is 0. The molecule has 0 aliphatic rings. The molecule has 3 heteroatoms. The summed E-state index contributed by atoms with van der Waals surface area (Å²) in [6, 6.07) is 0. The van der Waals surface area contributed by atoms with Crippen LogP contribution in [0.4, 0.5) is 0 Å². The molecule has 0 heterocycles. The first-order valence-electron chi connectivity index (χ1n) is 4.88. The van der Waals surface area contributed by atoms with Crippen molar-refractivity contribution in [1.29, 1.82) is 0 Å². The Balaban J connectivity index is 3.35. The van der Waals surface area contributed by atoms with E-state index in [1.807, 2.05) is 6.92 Å². The highest BCUT2D eigenvalue weighted by molar-refractivity contribution is 5.82. The number of unbranched alkanes of at least 4 members (excludes halogenated alkanes) is 1. The van der Waals surface area contributed by atoms with Gasteiger partial charge in [-0.2, -0.15) is 0 Å². The molecule has 0 saturated heterocycles. The van der Waals surface area contributed by atoms with Gasteiger partial charge in [-0.3, -0.25) is 9.59 Å². The van der Waals surface area contributed by atoms with Gasteiger partial charge in [-0.05, 0) is 6.42 Å². The van der Waals surface area contributed by atoms with Crippen molar-refractivity contribution in [2.24, 2.45) is 0 Å². The van der Waals surface area contributed by atoms with Crippen LogP contribution >= 0.6 is 0 Å². The molecular formula is C10H18O3. The topological polar surface area (TPSA) is 43.4 Å². The van der Waals surface area contributed by atoms with Gasteiger partial charge < -0.3 is 4.74 Å². The highest BCUT2D eigenvalue weighted by Crippen LogP contribution is 1.98. The molecule has 0 N–H and O–H groups in total. The average Bonchev–Trinajstić information content (AvgIpc) is 2.14. The van der Waals surface area contributed by atoms with Crippen LogP contribution in [0, 0.1) is 0 Å². The number of ketones is 1. The zero-order chi connectivity index (χ0) is 10.1. The molecule has 0 aromatic carbocycles. The van der Waals surface area contributed by atoms with Crippen LogP contribution in [-0.2, 0) is 14.3 Å². The van der Waals surface area contributed by atoms with E-state index in [-0.39, 0.29) is 18.2 Å². The van der Waals surface area contributed by atoms with Gasteiger partial charge in [-0.15, -0.1) is 0 Å². The molecule has 0 spiro atoms. The third-order valence-corrected chi connectivity index (χ3v) is 1.76. The number of Topliss-reactive ketones (excluding diaryl/α,β-unsaturated/α-hetero) is 1. The number of hydrogen-bond donors (Lipinski definition) is 0. The largest absolute Gasteiger partial charge is 0.466 e. The van der Waals surface area contributed by atoms with Gasteiger partial charge in [0.2, 0.25) is 0 Å². The van der Waals surface area contributed by atoms with Crippen LogP contribution in [0.2, 0.25) is 0 Å². The smallest absolute Gasteiger partial charge is 0.306 e. The Morgan fingerprint density at radius 1 is 1.15 bits per heavy atom. The van der Waals surface area contributed by atoms with E-state index in [1.54, 1.807) is 6.92 Å². The molecule has 0 atom stereocenters. The van der Waals surface area contributed by atoms with Crippen molar-refractivity contribution >= 4 is 11.8 Å². The maximum atomic E-state index is 11.0. The van der Waals surface area contributed by atoms with E-state index in [1.165, 1.54) is 0 Å². The number of ether oxygens (including phenoxy) is 1. The molecule has 13 heavy (non-hydrogen) atoms. The summed E-state index contributed by atoms with van der Waals surface area (Å²) < 4.78 is 4.89. The third-order valence-electron chi connectivity index (χ3n) is 1.76. The summed E-state index contributed by atoms with van der Waals surface area (Å²) in [7, 11) is 0. The summed E-state index contributed by atoms with van der Waals surface area (Å²) in [5.74, 6) is -0.136. The molecule has 76 valence electrons. The fourth-order valence-corrected chi connectivity index (χ4v) is 0.821. The summed E-state index contributed by atoms with van der Waals surface area (Å²) in [6.07, 6.45) is 2.97. The first-order chi connectivity index (χ1) is 6.20. The Labute approximate surface area is 79.5 Å². The Morgan fingerprint density at radius 3 is 2.38 bits per heavy atom. The first kappa shape index (κ1) is 12.1. The van der Waals surface area contributed by atoms with E-state index >= 15 is 0 Å². The molecule has 0 bridgehead atoms. The lowest BCUT2D eigenvalue weighted by Gasteiger charge is -2.02. The van der Waals surface area contributed by atoms with Crippen molar-refractivity contribution in [2.75, 3.05) is 6.61 Å². The third kappa shape index (κ3) is 7.50. The van der Waals surface area contributed by atoms with Crippen LogP contribution in [0.5, 0.6) is 0 Å². The molecule has 0 amide bonds. The van der Waals surface area contributed by atoms with Crippen molar-refractivity contribution in [3.05, 3.63) is 0 Å². The maximum absolute atomic E-state index is 11.0.